The molecule has 7 heteroatoms. The number of hydrogen-bond donors (Lipinski definition) is 2. The lowest BCUT2D eigenvalue weighted by atomic mass is 9.88. The van der Waals surface area contributed by atoms with Gasteiger partial charge in [0.2, 0.25) is 5.91 Å². The Labute approximate surface area is 134 Å². The molecule has 2 atom stereocenters. The molecule has 0 aromatic carbocycles. The van der Waals surface area contributed by atoms with Gasteiger partial charge >= 0.3 is 5.97 Å². The summed E-state index contributed by atoms with van der Waals surface area (Å²) in [7, 11) is 0. The molecule has 1 aliphatic rings. The standard InChI is InChI=1S/C15H23N3O3S/c1-5-21-15(20)12-9(3)18-14(22-12)10(4)17-13(19)8(2)11-6-16-7-11/h8,10-11,16H,5-7H2,1-4H3,(H,17,19). The molecule has 0 aliphatic carbocycles. The molecule has 0 radical (unpaired) electrons. The van der Waals surface area contributed by atoms with Gasteiger partial charge in [-0.2, -0.15) is 0 Å². The maximum atomic E-state index is 12.2. The van der Waals surface area contributed by atoms with Crippen LogP contribution in [0, 0.1) is 18.8 Å². The Balaban J connectivity index is 2.00. The van der Waals surface area contributed by atoms with Crippen LogP contribution in [-0.2, 0) is 9.53 Å². The lowest BCUT2D eigenvalue weighted by Crippen LogP contribution is -2.49. The summed E-state index contributed by atoms with van der Waals surface area (Å²) in [4.78, 5) is 29.0. The van der Waals surface area contributed by atoms with Crippen LogP contribution in [0.2, 0.25) is 0 Å². The first-order valence-electron chi connectivity index (χ1n) is 7.59. The van der Waals surface area contributed by atoms with Gasteiger partial charge in [-0.05, 0) is 39.8 Å². The monoisotopic (exact) mass is 325 g/mol. The van der Waals surface area contributed by atoms with Gasteiger partial charge < -0.3 is 15.4 Å². The highest BCUT2D eigenvalue weighted by molar-refractivity contribution is 7.13. The van der Waals surface area contributed by atoms with E-state index in [9.17, 15) is 9.59 Å². The van der Waals surface area contributed by atoms with Crippen molar-refractivity contribution in [3.05, 3.63) is 15.6 Å². The van der Waals surface area contributed by atoms with Crippen LogP contribution in [0.3, 0.4) is 0 Å². The highest BCUT2D eigenvalue weighted by atomic mass is 32.1. The van der Waals surface area contributed by atoms with Crippen molar-refractivity contribution >= 4 is 23.2 Å². The summed E-state index contributed by atoms with van der Waals surface area (Å²) in [6.07, 6.45) is 0. The van der Waals surface area contributed by atoms with E-state index in [-0.39, 0.29) is 23.8 Å². The number of aromatic nitrogens is 1. The summed E-state index contributed by atoms with van der Waals surface area (Å²) in [6, 6.07) is -0.213. The summed E-state index contributed by atoms with van der Waals surface area (Å²) >= 11 is 1.28. The third-order valence-corrected chi connectivity index (χ3v) is 5.26. The third kappa shape index (κ3) is 3.64. The van der Waals surface area contributed by atoms with Gasteiger partial charge in [-0.15, -0.1) is 11.3 Å². The number of hydrogen-bond acceptors (Lipinski definition) is 6. The Bertz CT molecular complexity index is 554. The van der Waals surface area contributed by atoms with E-state index in [1.54, 1.807) is 13.8 Å². The highest BCUT2D eigenvalue weighted by Crippen LogP contribution is 2.25. The zero-order valence-electron chi connectivity index (χ0n) is 13.4. The number of nitrogens with zero attached hydrogens (tertiary/aromatic N) is 1. The number of amides is 1. The van der Waals surface area contributed by atoms with Gasteiger partial charge in [-0.25, -0.2) is 9.78 Å². The molecule has 22 heavy (non-hydrogen) atoms. The summed E-state index contributed by atoms with van der Waals surface area (Å²) in [5.74, 6) is 0.0651. The first kappa shape index (κ1) is 16.9. The lowest BCUT2D eigenvalue weighted by Gasteiger charge is -2.32. The summed E-state index contributed by atoms with van der Waals surface area (Å²) in [6.45, 7) is 9.52. The number of thiazole rings is 1. The second kappa shape index (κ2) is 7.19. The Kier molecular flexibility index (Phi) is 5.52. The maximum Gasteiger partial charge on any atom is 0.350 e. The van der Waals surface area contributed by atoms with Gasteiger partial charge in [0.25, 0.3) is 0 Å². The number of carbonyl (C=O) groups is 2. The average Bonchev–Trinajstić information content (AvgIpc) is 2.79. The molecule has 2 rings (SSSR count). The predicted octanol–water partition coefficient (Wildman–Crippen LogP) is 1.66. The average molecular weight is 325 g/mol. The van der Waals surface area contributed by atoms with Gasteiger partial charge in [-0.1, -0.05) is 6.92 Å². The molecule has 122 valence electrons. The summed E-state index contributed by atoms with van der Waals surface area (Å²) < 4.78 is 5.01. The van der Waals surface area contributed by atoms with E-state index < -0.39 is 0 Å². The van der Waals surface area contributed by atoms with Gasteiger partial charge in [-0.3, -0.25) is 4.79 Å². The van der Waals surface area contributed by atoms with Crippen LogP contribution in [0.25, 0.3) is 0 Å². The van der Waals surface area contributed by atoms with Gasteiger partial charge in [0.05, 0.1) is 18.3 Å². The van der Waals surface area contributed by atoms with Crippen LogP contribution in [0.5, 0.6) is 0 Å². The topological polar surface area (TPSA) is 80.3 Å². The van der Waals surface area contributed by atoms with Crippen molar-refractivity contribution in [1.29, 1.82) is 0 Å². The molecule has 1 fully saturated rings. The molecule has 2 heterocycles. The van der Waals surface area contributed by atoms with Gasteiger partial charge in [0.15, 0.2) is 0 Å². The summed E-state index contributed by atoms with van der Waals surface area (Å²) in [5, 5.41) is 6.89. The number of nitrogens with one attached hydrogen (secondary N) is 2. The number of aryl methyl sites for hydroxylation is 1. The molecule has 1 aromatic heterocycles. The number of esters is 1. The Morgan fingerprint density at radius 3 is 2.68 bits per heavy atom. The van der Waals surface area contributed by atoms with Crippen molar-refractivity contribution in [3.8, 4) is 0 Å². The third-order valence-electron chi connectivity index (χ3n) is 3.94. The normalized spacial score (nSPS) is 17.5. The molecule has 1 aliphatic heterocycles. The van der Waals surface area contributed by atoms with E-state index >= 15 is 0 Å². The molecule has 0 bridgehead atoms. The molecule has 0 spiro atoms. The quantitative estimate of drug-likeness (QED) is 0.778. The molecule has 2 unspecified atom stereocenters. The first-order valence-corrected chi connectivity index (χ1v) is 8.41. The molecule has 1 amide bonds. The van der Waals surface area contributed by atoms with E-state index in [0.29, 0.717) is 23.1 Å². The number of carbonyl (C=O) groups excluding carboxylic acids is 2. The van der Waals surface area contributed by atoms with E-state index in [2.05, 4.69) is 15.6 Å². The van der Waals surface area contributed by atoms with Crippen molar-refractivity contribution in [2.24, 2.45) is 11.8 Å². The minimum Gasteiger partial charge on any atom is -0.462 e. The van der Waals surface area contributed by atoms with Crippen LogP contribution in [0.1, 0.15) is 47.2 Å². The Morgan fingerprint density at radius 1 is 1.45 bits per heavy atom. The van der Waals surface area contributed by atoms with Crippen LogP contribution >= 0.6 is 11.3 Å². The van der Waals surface area contributed by atoms with E-state index in [4.69, 9.17) is 4.74 Å². The number of ether oxygens (including phenoxy) is 1. The molecule has 1 saturated heterocycles. The smallest absolute Gasteiger partial charge is 0.350 e. The minimum atomic E-state index is -0.351. The zero-order valence-corrected chi connectivity index (χ0v) is 14.3. The molecular weight excluding hydrogens is 302 g/mol. The SMILES string of the molecule is CCOC(=O)c1sc(C(C)NC(=O)C(C)C2CNC2)nc1C. The first-order chi connectivity index (χ1) is 10.4. The fourth-order valence-electron chi connectivity index (χ4n) is 2.27. The fraction of sp³-hybridized carbons (Fsp3) is 0.667. The molecular formula is C15H23N3O3S. The van der Waals surface area contributed by atoms with Crippen molar-refractivity contribution in [2.45, 2.75) is 33.7 Å². The van der Waals surface area contributed by atoms with Crippen LogP contribution in [0.4, 0.5) is 0 Å². The van der Waals surface area contributed by atoms with Crippen LogP contribution < -0.4 is 10.6 Å². The van der Waals surface area contributed by atoms with Crippen molar-refractivity contribution in [2.75, 3.05) is 19.7 Å². The highest BCUT2D eigenvalue weighted by Gasteiger charge is 2.30. The van der Waals surface area contributed by atoms with E-state index in [1.807, 2.05) is 13.8 Å². The van der Waals surface area contributed by atoms with Crippen LogP contribution in [-0.4, -0.2) is 36.6 Å². The Hall–Kier alpha value is -1.47. The van der Waals surface area contributed by atoms with E-state index in [1.165, 1.54) is 11.3 Å². The van der Waals surface area contributed by atoms with Gasteiger partial charge in [0, 0.05) is 5.92 Å². The molecule has 1 aromatic rings. The molecule has 0 saturated carbocycles. The van der Waals surface area contributed by atoms with Crippen molar-refractivity contribution in [3.63, 3.8) is 0 Å². The Morgan fingerprint density at radius 2 is 2.14 bits per heavy atom. The largest absolute Gasteiger partial charge is 0.462 e. The fourth-order valence-corrected chi connectivity index (χ4v) is 3.24. The minimum absolute atomic E-state index is 0.0192. The zero-order chi connectivity index (χ0) is 16.3. The lowest BCUT2D eigenvalue weighted by molar-refractivity contribution is -0.127. The van der Waals surface area contributed by atoms with Crippen molar-refractivity contribution in [1.82, 2.24) is 15.6 Å². The van der Waals surface area contributed by atoms with Crippen LogP contribution in [0.15, 0.2) is 0 Å². The van der Waals surface area contributed by atoms with Crippen molar-refractivity contribution < 1.29 is 14.3 Å². The second-order valence-electron chi connectivity index (χ2n) is 5.62. The predicted molar refractivity (Wildman–Crippen MR) is 84.9 cm³/mol. The molecule has 2 N–H and O–H groups in total. The van der Waals surface area contributed by atoms with Gasteiger partial charge in [0.1, 0.15) is 9.88 Å². The van der Waals surface area contributed by atoms with E-state index in [0.717, 1.165) is 18.1 Å². The second-order valence-corrected chi connectivity index (χ2v) is 6.66. The number of rotatable bonds is 6. The maximum absolute atomic E-state index is 12.2. The summed E-state index contributed by atoms with van der Waals surface area (Å²) in [5.41, 5.74) is 0.649. The molecule has 6 nitrogen and oxygen atoms in total.